The average Bonchev–Trinajstić information content (AvgIpc) is 3.61. The zero-order valence-corrected chi connectivity index (χ0v) is 21.6. The summed E-state index contributed by atoms with van der Waals surface area (Å²) in [5.41, 5.74) is 1.03. The van der Waals surface area contributed by atoms with Crippen LogP contribution in [0.4, 0.5) is 0 Å². The number of hydrogen-bond donors (Lipinski definition) is 3. The molecule has 1 aromatic carbocycles. The Morgan fingerprint density at radius 2 is 1.88 bits per heavy atom. The van der Waals surface area contributed by atoms with Crippen LogP contribution in [0.25, 0.3) is 0 Å². The fraction of sp³-hybridized carbons (Fsp3) is 0.667. The van der Waals surface area contributed by atoms with Gasteiger partial charge in [-0.25, -0.2) is 4.99 Å². The fourth-order valence-electron chi connectivity index (χ4n) is 3.70. The van der Waals surface area contributed by atoms with E-state index in [1.807, 2.05) is 24.3 Å². The number of hydrogen-bond acceptors (Lipinski definition) is 4. The number of aliphatic imine (C=N–C) groups is 1. The number of nitrogens with one attached hydrogen (secondary N) is 3. The summed E-state index contributed by atoms with van der Waals surface area (Å²) in [6.07, 6.45) is 10.2. The summed E-state index contributed by atoms with van der Waals surface area (Å²) < 4.78 is 11.7. The zero-order valence-electron chi connectivity index (χ0n) is 19.2. The molecule has 8 heteroatoms. The monoisotopic (exact) mass is 558 g/mol. The third kappa shape index (κ3) is 10.8. The molecule has 0 bridgehead atoms. The minimum absolute atomic E-state index is 0. The van der Waals surface area contributed by atoms with Gasteiger partial charge in [-0.05, 0) is 50.3 Å². The second-order valence-electron chi connectivity index (χ2n) is 8.38. The van der Waals surface area contributed by atoms with Crippen LogP contribution in [0.2, 0.25) is 0 Å². The average molecular weight is 559 g/mol. The highest BCUT2D eigenvalue weighted by molar-refractivity contribution is 14.0. The minimum Gasteiger partial charge on any atom is -0.484 e. The van der Waals surface area contributed by atoms with Gasteiger partial charge in [-0.15, -0.1) is 24.0 Å². The van der Waals surface area contributed by atoms with Crippen LogP contribution >= 0.6 is 24.0 Å². The third-order valence-electron chi connectivity index (χ3n) is 5.53. The standard InChI is InChI=1S/C24H38N4O3.HI/c1-2-25-24(26-14-15-30-21-9-5-3-4-6-10-21)27-17-19-8-7-11-22(16-19)31-18-23(29)28-20-12-13-20;/h7-8,11,16,20-21H,2-6,9-10,12-15,17-18H2,1H3,(H,28,29)(H2,25,26,27);1H. The highest BCUT2D eigenvalue weighted by atomic mass is 127. The summed E-state index contributed by atoms with van der Waals surface area (Å²) in [6, 6.07) is 8.10. The Morgan fingerprint density at radius 3 is 2.59 bits per heavy atom. The zero-order chi connectivity index (χ0) is 21.7. The number of guanidine groups is 1. The molecule has 1 aromatic rings. The Balaban J connectivity index is 0.00000363. The summed E-state index contributed by atoms with van der Waals surface area (Å²) in [6.45, 7) is 4.87. The van der Waals surface area contributed by atoms with Crippen molar-refractivity contribution in [3.63, 3.8) is 0 Å². The number of rotatable bonds is 11. The van der Waals surface area contributed by atoms with E-state index in [1.165, 1.54) is 38.5 Å². The Kier molecular flexibility index (Phi) is 12.8. The predicted octanol–water partition coefficient (Wildman–Crippen LogP) is 3.76. The molecular formula is C24H39IN4O3. The number of nitrogens with zero attached hydrogens (tertiary/aromatic N) is 1. The van der Waals surface area contributed by atoms with Gasteiger partial charge in [0.05, 0.1) is 19.3 Å². The van der Waals surface area contributed by atoms with Crippen molar-refractivity contribution in [2.24, 2.45) is 4.99 Å². The first-order chi connectivity index (χ1) is 15.2. The van der Waals surface area contributed by atoms with Crippen molar-refractivity contribution in [2.75, 3.05) is 26.3 Å². The molecule has 0 saturated heterocycles. The van der Waals surface area contributed by atoms with E-state index in [9.17, 15) is 4.79 Å². The molecule has 180 valence electrons. The van der Waals surface area contributed by atoms with E-state index >= 15 is 0 Å². The van der Waals surface area contributed by atoms with Crippen LogP contribution in [0, 0.1) is 0 Å². The number of ether oxygens (including phenoxy) is 2. The normalized spacial score (nSPS) is 17.1. The van der Waals surface area contributed by atoms with Crippen LogP contribution in [0.3, 0.4) is 0 Å². The largest absolute Gasteiger partial charge is 0.484 e. The molecule has 3 rings (SSSR count). The molecule has 0 spiro atoms. The van der Waals surface area contributed by atoms with E-state index in [0.29, 0.717) is 31.0 Å². The van der Waals surface area contributed by atoms with E-state index in [-0.39, 0.29) is 36.5 Å². The van der Waals surface area contributed by atoms with E-state index in [1.54, 1.807) is 0 Å². The van der Waals surface area contributed by atoms with Gasteiger partial charge >= 0.3 is 0 Å². The maximum absolute atomic E-state index is 11.8. The van der Waals surface area contributed by atoms with Gasteiger partial charge in [0.15, 0.2) is 12.6 Å². The van der Waals surface area contributed by atoms with Gasteiger partial charge < -0.3 is 25.4 Å². The Morgan fingerprint density at radius 1 is 1.09 bits per heavy atom. The van der Waals surface area contributed by atoms with E-state index < -0.39 is 0 Å². The quantitative estimate of drug-likeness (QED) is 0.127. The van der Waals surface area contributed by atoms with Gasteiger partial charge in [0, 0.05) is 19.1 Å². The van der Waals surface area contributed by atoms with Crippen LogP contribution in [0.15, 0.2) is 29.3 Å². The molecule has 0 aromatic heterocycles. The molecule has 0 unspecified atom stereocenters. The predicted molar refractivity (Wildman–Crippen MR) is 139 cm³/mol. The molecule has 1 amide bonds. The molecular weight excluding hydrogens is 519 g/mol. The van der Waals surface area contributed by atoms with Crippen molar-refractivity contribution < 1.29 is 14.3 Å². The van der Waals surface area contributed by atoms with Crippen molar-refractivity contribution in [1.29, 1.82) is 0 Å². The second kappa shape index (κ2) is 15.3. The number of carbonyl (C=O) groups excluding carboxylic acids is 1. The molecule has 2 aliphatic rings. The molecule has 3 N–H and O–H groups in total. The minimum atomic E-state index is -0.0596. The Hall–Kier alpha value is -1.55. The second-order valence-corrected chi connectivity index (χ2v) is 8.38. The Labute approximate surface area is 209 Å². The third-order valence-corrected chi connectivity index (χ3v) is 5.53. The summed E-state index contributed by atoms with van der Waals surface area (Å²) in [4.78, 5) is 16.5. The van der Waals surface area contributed by atoms with Crippen LogP contribution < -0.4 is 20.7 Å². The van der Waals surface area contributed by atoms with Gasteiger partial charge in [-0.3, -0.25) is 4.79 Å². The van der Waals surface area contributed by atoms with Crippen LogP contribution in [-0.2, 0) is 16.1 Å². The first-order valence-electron chi connectivity index (χ1n) is 11.9. The number of benzene rings is 1. The molecule has 7 nitrogen and oxygen atoms in total. The van der Waals surface area contributed by atoms with Crippen molar-refractivity contribution in [3.8, 4) is 5.75 Å². The first kappa shape index (κ1) is 26.7. The van der Waals surface area contributed by atoms with Crippen LogP contribution in [-0.4, -0.2) is 50.3 Å². The lowest BCUT2D eigenvalue weighted by atomic mass is 10.1. The summed E-state index contributed by atoms with van der Waals surface area (Å²) >= 11 is 0. The maximum atomic E-state index is 11.8. The molecule has 2 aliphatic carbocycles. The van der Waals surface area contributed by atoms with Crippen molar-refractivity contribution in [3.05, 3.63) is 29.8 Å². The first-order valence-corrected chi connectivity index (χ1v) is 11.9. The van der Waals surface area contributed by atoms with Gasteiger partial charge in [-0.1, -0.05) is 37.8 Å². The van der Waals surface area contributed by atoms with Crippen molar-refractivity contribution in [1.82, 2.24) is 16.0 Å². The smallest absolute Gasteiger partial charge is 0.258 e. The van der Waals surface area contributed by atoms with Gasteiger partial charge in [0.1, 0.15) is 5.75 Å². The van der Waals surface area contributed by atoms with Gasteiger partial charge in [-0.2, -0.15) is 0 Å². The molecule has 0 heterocycles. The fourth-order valence-corrected chi connectivity index (χ4v) is 3.70. The number of carbonyl (C=O) groups is 1. The van der Waals surface area contributed by atoms with Gasteiger partial charge in [0.25, 0.3) is 5.91 Å². The topological polar surface area (TPSA) is 84.0 Å². The summed E-state index contributed by atoms with van der Waals surface area (Å²) in [7, 11) is 0. The molecule has 0 radical (unpaired) electrons. The summed E-state index contributed by atoms with van der Waals surface area (Å²) in [5.74, 6) is 1.41. The lowest BCUT2D eigenvalue weighted by molar-refractivity contribution is -0.123. The van der Waals surface area contributed by atoms with E-state index in [0.717, 1.165) is 37.5 Å². The maximum Gasteiger partial charge on any atom is 0.258 e. The molecule has 32 heavy (non-hydrogen) atoms. The van der Waals surface area contributed by atoms with Crippen molar-refractivity contribution >= 4 is 35.8 Å². The highest BCUT2D eigenvalue weighted by Gasteiger charge is 2.23. The summed E-state index contributed by atoms with van der Waals surface area (Å²) in [5, 5.41) is 9.56. The van der Waals surface area contributed by atoms with Gasteiger partial charge in [0.2, 0.25) is 0 Å². The molecule has 2 fully saturated rings. The lowest BCUT2D eigenvalue weighted by Crippen LogP contribution is -2.39. The Bertz CT molecular complexity index is 704. The number of halogens is 1. The molecule has 0 atom stereocenters. The number of amides is 1. The van der Waals surface area contributed by atoms with Crippen molar-refractivity contribution in [2.45, 2.75) is 77.0 Å². The van der Waals surface area contributed by atoms with E-state index in [2.05, 4.69) is 27.9 Å². The highest BCUT2D eigenvalue weighted by Crippen LogP contribution is 2.20. The van der Waals surface area contributed by atoms with E-state index in [4.69, 9.17) is 9.47 Å². The molecule has 2 saturated carbocycles. The SMILES string of the molecule is CCNC(=NCc1cccc(OCC(=O)NC2CC2)c1)NCCOC1CCCCCC1.I. The molecule has 0 aliphatic heterocycles. The van der Waals surface area contributed by atoms with Crippen LogP contribution in [0.1, 0.15) is 63.9 Å². The van der Waals surface area contributed by atoms with Crippen LogP contribution in [0.5, 0.6) is 5.75 Å². The lowest BCUT2D eigenvalue weighted by Gasteiger charge is -2.16.